The number of aryl methyl sites for hydroxylation is 1. The highest BCUT2D eigenvalue weighted by Crippen LogP contribution is 2.19. The lowest BCUT2D eigenvalue weighted by molar-refractivity contribution is -0.116. The molecule has 0 saturated heterocycles. The van der Waals surface area contributed by atoms with Crippen molar-refractivity contribution in [1.82, 2.24) is 5.32 Å². The third-order valence-electron chi connectivity index (χ3n) is 2.29. The Morgan fingerprint density at radius 1 is 1.56 bits per heavy atom. The molecule has 0 aromatic heterocycles. The van der Waals surface area contributed by atoms with Gasteiger partial charge in [-0.2, -0.15) is 5.26 Å². The van der Waals surface area contributed by atoms with Crippen molar-refractivity contribution in [1.29, 1.82) is 5.26 Å². The molecule has 1 amide bonds. The van der Waals surface area contributed by atoms with Crippen LogP contribution in [0.2, 0.25) is 0 Å². The fourth-order valence-corrected chi connectivity index (χ4v) is 1.41. The molecule has 1 N–H and O–H groups in total. The van der Waals surface area contributed by atoms with Gasteiger partial charge in [0, 0.05) is 12.1 Å². The van der Waals surface area contributed by atoms with E-state index in [9.17, 15) is 4.79 Å². The summed E-state index contributed by atoms with van der Waals surface area (Å²) in [6, 6.07) is 7.33. The molecule has 0 aliphatic rings. The minimum Gasteiger partial charge on any atom is -0.496 e. The molecule has 0 atom stereocenters. The van der Waals surface area contributed by atoms with E-state index >= 15 is 0 Å². The van der Waals surface area contributed by atoms with Crippen molar-refractivity contribution < 1.29 is 9.53 Å². The molecule has 0 radical (unpaired) electrons. The highest BCUT2D eigenvalue weighted by Gasteiger charge is 2.05. The van der Waals surface area contributed by atoms with Crippen molar-refractivity contribution in [2.75, 3.05) is 7.11 Å². The van der Waals surface area contributed by atoms with Gasteiger partial charge < -0.3 is 10.1 Å². The fourth-order valence-electron chi connectivity index (χ4n) is 1.41. The molecule has 0 unspecified atom stereocenters. The molecule has 1 aromatic carbocycles. The van der Waals surface area contributed by atoms with E-state index in [1.54, 1.807) is 7.11 Å². The normalized spacial score (nSPS) is 9.31. The summed E-state index contributed by atoms with van der Waals surface area (Å²) in [6.45, 7) is 2.36. The van der Waals surface area contributed by atoms with Gasteiger partial charge in [-0.25, -0.2) is 0 Å². The Kier molecular flexibility index (Phi) is 4.34. The number of amides is 1. The average molecular weight is 218 g/mol. The standard InChI is InChI=1S/C12H14N2O2/c1-3-9-4-5-11(16-2)10(6-9)8-14-12(15)7-13/h4-6H,3,8H2,1-2H3,(H,14,15). The van der Waals surface area contributed by atoms with Crippen molar-refractivity contribution >= 4 is 5.91 Å². The van der Waals surface area contributed by atoms with Gasteiger partial charge in [0.1, 0.15) is 5.75 Å². The van der Waals surface area contributed by atoms with Crippen molar-refractivity contribution in [2.24, 2.45) is 0 Å². The molecule has 0 aliphatic carbocycles. The second kappa shape index (κ2) is 5.76. The van der Waals surface area contributed by atoms with Crippen LogP contribution in [0.5, 0.6) is 5.75 Å². The average Bonchev–Trinajstić information content (AvgIpc) is 2.35. The van der Waals surface area contributed by atoms with Crippen molar-refractivity contribution in [3.8, 4) is 11.8 Å². The Morgan fingerprint density at radius 2 is 2.31 bits per heavy atom. The predicted molar refractivity (Wildman–Crippen MR) is 59.8 cm³/mol. The number of methoxy groups -OCH3 is 1. The monoisotopic (exact) mass is 218 g/mol. The minimum absolute atomic E-state index is 0.309. The molecule has 0 bridgehead atoms. The van der Waals surface area contributed by atoms with Crippen molar-refractivity contribution in [3.63, 3.8) is 0 Å². The lowest BCUT2D eigenvalue weighted by atomic mass is 10.1. The third kappa shape index (κ3) is 2.99. The van der Waals surface area contributed by atoms with Gasteiger partial charge in [-0.05, 0) is 18.1 Å². The highest BCUT2D eigenvalue weighted by atomic mass is 16.5. The third-order valence-corrected chi connectivity index (χ3v) is 2.29. The van der Waals surface area contributed by atoms with Crippen LogP contribution in [0.3, 0.4) is 0 Å². The minimum atomic E-state index is -0.635. The van der Waals surface area contributed by atoms with E-state index in [0.717, 1.165) is 17.7 Å². The molecule has 0 aliphatic heterocycles. The molecule has 0 spiro atoms. The topological polar surface area (TPSA) is 62.1 Å². The van der Waals surface area contributed by atoms with Gasteiger partial charge in [0.25, 0.3) is 0 Å². The zero-order valence-electron chi connectivity index (χ0n) is 9.41. The second-order valence-electron chi connectivity index (χ2n) is 3.29. The lowest BCUT2D eigenvalue weighted by Gasteiger charge is -2.09. The van der Waals surface area contributed by atoms with E-state index in [-0.39, 0.29) is 0 Å². The maximum Gasteiger partial charge on any atom is 0.322 e. The van der Waals surface area contributed by atoms with Gasteiger partial charge in [-0.1, -0.05) is 19.1 Å². The first-order valence-corrected chi connectivity index (χ1v) is 5.05. The van der Waals surface area contributed by atoms with Crippen LogP contribution in [0.25, 0.3) is 0 Å². The molecule has 1 aromatic rings. The molecule has 4 nitrogen and oxygen atoms in total. The van der Waals surface area contributed by atoms with Crippen molar-refractivity contribution in [2.45, 2.75) is 19.9 Å². The second-order valence-corrected chi connectivity index (χ2v) is 3.29. The lowest BCUT2D eigenvalue weighted by Crippen LogP contribution is -2.20. The first kappa shape index (κ1) is 12.1. The van der Waals surface area contributed by atoms with Gasteiger partial charge in [0.05, 0.1) is 7.11 Å². The predicted octanol–water partition coefficient (Wildman–Crippen LogP) is 1.40. The fraction of sp³-hybridized carbons (Fsp3) is 0.333. The summed E-state index contributed by atoms with van der Waals surface area (Å²) >= 11 is 0. The number of nitrogens with one attached hydrogen (secondary N) is 1. The molecular formula is C12H14N2O2. The molecule has 0 saturated carbocycles. The van der Waals surface area contributed by atoms with E-state index in [0.29, 0.717) is 6.54 Å². The summed E-state index contributed by atoms with van der Waals surface area (Å²) in [6.07, 6.45) is 0.920. The van der Waals surface area contributed by atoms with Crippen LogP contribution in [0.4, 0.5) is 0 Å². The molecule has 0 fully saturated rings. The first-order valence-electron chi connectivity index (χ1n) is 5.05. The number of hydrogen-bond donors (Lipinski definition) is 1. The number of hydrogen-bond acceptors (Lipinski definition) is 3. The molecule has 1 rings (SSSR count). The van der Waals surface area contributed by atoms with Gasteiger partial charge in [0.15, 0.2) is 6.07 Å². The van der Waals surface area contributed by atoms with Crippen LogP contribution in [0.15, 0.2) is 18.2 Å². The number of nitrogens with zero attached hydrogens (tertiary/aromatic N) is 1. The summed E-state index contributed by atoms with van der Waals surface area (Å²) in [5, 5.41) is 10.8. The highest BCUT2D eigenvalue weighted by molar-refractivity contribution is 5.91. The zero-order chi connectivity index (χ0) is 12.0. The molecular weight excluding hydrogens is 204 g/mol. The maximum atomic E-state index is 10.8. The number of carbonyl (C=O) groups excluding carboxylic acids is 1. The van der Waals surface area contributed by atoms with Gasteiger partial charge >= 0.3 is 5.91 Å². The number of nitriles is 1. The summed E-state index contributed by atoms with van der Waals surface area (Å²) in [5.41, 5.74) is 2.05. The van der Waals surface area contributed by atoms with Crippen LogP contribution in [0, 0.1) is 11.3 Å². The Morgan fingerprint density at radius 3 is 2.88 bits per heavy atom. The van der Waals surface area contributed by atoms with E-state index in [1.807, 2.05) is 18.2 Å². The summed E-state index contributed by atoms with van der Waals surface area (Å²) in [7, 11) is 1.58. The maximum absolute atomic E-state index is 10.8. The van der Waals surface area contributed by atoms with Crippen LogP contribution >= 0.6 is 0 Å². The van der Waals surface area contributed by atoms with E-state index in [2.05, 4.69) is 12.2 Å². The molecule has 0 heterocycles. The molecule has 84 valence electrons. The number of ether oxygens (including phenoxy) is 1. The van der Waals surface area contributed by atoms with E-state index in [1.165, 1.54) is 11.6 Å². The van der Waals surface area contributed by atoms with E-state index in [4.69, 9.17) is 10.00 Å². The van der Waals surface area contributed by atoms with Crippen LogP contribution < -0.4 is 10.1 Å². The Labute approximate surface area is 94.8 Å². The summed E-state index contributed by atoms with van der Waals surface area (Å²) in [5.74, 6) is 0.0828. The van der Waals surface area contributed by atoms with E-state index < -0.39 is 5.91 Å². The summed E-state index contributed by atoms with van der Waals surface area (Å²) in [4.78, 5) is 10.8. The zero-order valence-corrected chi connectivity index (χ0v) is 9.41. The number of benzene rings is 1. The molecule has 16 heavy (non-hydrogen) atoms. The van der Waals surface area contributed by atoms with Crippen LogP contribution in [0.1, 0.15) is 18.1 Å². The van der Waals surface area contributed by atoms with Gasteiger partial charge in [-0.15, -0.1) is 0 Å². The number of rotatable bonds is 4. The SMILES string of the molecule is CCc1ccc(OC)c(CNC(=O)C#N)c1. The Bertz CT molecular complexity index is 422. The Hall–Kier alpha value is -2.02. The van der Waals surface area contributed by atoms with Crippen LogP contribution in [-0.2, 0) is 17.8 Å². The van der Waals surface area contributed by atoms with Gasteiger partial charge in [-0.3, -0.25) is 4.79 Å². The first-order chi connectivity index (χ1) is 7.71. The number of carbonyl (C=O) groups is 1. The largest absolute Gasteiger partial charge is 0.496 e. The van der Waals surface area contributed by atoms with Gasteiger partial charge in [0.2, 0.25) is 0 Å². The smallest absolute Gasteiger partial charge is 0.322 e. The Balaban J connectivity index is 2.83. The van der Waals surface area contributed by atoms with Crippen LogP contribution in [-0.4, -0.2) is 13.0 Å². The quantitative estimate of drug-likeness (QED) is 0.777. The van der Waals surface area contributed by atoms with Crippen molar-refractivity contribution in [3.05, 3.63) is 29.3 Å². The molecule has 4 heteroatoms. The summed E-state index contributed by atoms with van der Waals surface area (Å²) < 4.78 is 5.18.